The number of morpholine rings is 1. The average Bonchev–Trinajstić information content (AvgIpc) is 2.81. The van der Waals surface area contributed by atoms with Gasteiger partial charge >= 0.3 is 0 Å². The first-order valence-corrected chi connectivity index (χ1v) is 6.89. The van der Waals surface area contributed by atoms with Gasteiger partial charge in [-0.25, -0.2) is 0 Å². The van der Waals surface area contributed by atoms with Gasteiger partial charge in [0.2, 0.25) is 0 Å². The number of nitrogens with one attached hydrogen (secondary N) is 2. The molecule has 1 aliphatic carbocycles. The van der Waals surface area contributed by atoms with Crippen molar-refractivity contribution in [1.29, 1.82) is 0 Å². The van der Waals surface area contributed by atoms with E-state index in [1.165, 1.54) is 38.6 Å². The van der Waals surface area contributed by atoms with Gasteiger partial charge in [0.15, 0.2) is 0 Å². The van der Waals surface area contributed by atoms with Crippen molar-refractivity contribution in [3.8, 4) is 0 Å². The fraction of sp³-hybridized carbons (Fsp3) is 1.00. The van der Waals surface area contributed by atoms with Crippen LogP contribution in [0.4, 0.5) is 0 Å². The zero-order chi connectivity index (χ0) is 11.2. The molecule has 0 spiro atoms. The highest BCUT2D eigenvalue weighted by atomic mass is 16.5. The van der Waals surface area contributed by atoms with Crippen LogP contribution in [0.3, 0.4) is 0 Å². The monoisotopic (exact) mass is 226 g/mol. The van der Waals surface area contributed by atoms with Crippen LogP contribution in [0.5, 0.6) is 0 Å². The van der Waals surface area contributed by atoms with Crippen LogP contribution in [0, 0.1) is 5.92 Å². The quantitative estimate of drug-likeness (QED) is 0.746. The average molecular weight is 226 g/mol. The summed E-state index contributed by atoms with van der Waals surface area (Å²) in [5, 5.41) is 7.19. The highest BCUT2D eigenvalue weighted by Crippen LogP contribution is 2.23. The van der Waals surface area contributed by atoms with Crippen LogP contribution < -0.4 is 10.6 Å². The van der Waals surface area contributed by atoms with Gasteiger partial charge in [0.25, 0.3) is 0 Å². The molecular formula is C13H26N2O. The van der Waals surface area contributed by atoms with Crippen molar-refractivity contribution in [2.45, 2.75) is 51.1 Å². The van der Waals surface area contributed by atoms with E-state index in [4.69, 9.17) is 4.74 Å². The molecule has 0 aromatic heterocycles. The van der Waals surface area contributed by atoms with Gasteiger partial charge in [0.1, 0.15) is 0 Å². The van der Waals surface area contributed by atoms with Gasteiger partial charge in [-0.15, -0.1) is 0 Å². The van der Waals surface area contributed by atoms with E-state index < -0.39 is 0 Å². The van der Waals surface area contributed by atoms with E-state index >= 15 is 0 Å². The Balaban J connectivity index is 1.57. The molecule has 3 heteroatoms. The van der Waals surface area contributed by atoms with Crippen molar-refractivity contribution < 1.29 is 4.74 Å². The lowest BCUT2D eigenvalue weighted by Crippen LogP contribution is -2.45. The van der Waals surface area contributed by atoms with Gasteiger partial charge in [-0.05, 0) is 38.6 Å². The summed E-state index contributed by atoms with van der Waals surface area (Å²) in [4.78, 5) is 0. The molecule has 16 heavy (non-hydrogen) atoms. The lowest BCUT2D eigenvalue weighted by Gasteiger charge is -2.27. The van der Waals surface area contributed by atoms with Crippen LogP contribution in [0.1, 0.15) is 39.0 Å². The summed E-state index contributed by atoms with van der Waals surface area (Å²) in [6.07, 6.45) is 6.94. The second-order valence-corrected chi connectivity index (χ2v) is 5.42. The van der Waals surface area contributed by atoms with E-state index in [2.05, 4.69) is 17.6 Å². The molecule has 2 rings (SSSR count). The summed E-state index contributed by atoms with van der Waals surface area (Å²) < 4.78 is 5.47. The molecule has 3 nitrogen and oxygen atoms in total. The third-order valence-electron chi connectivity index (χ3n) is 3.87. The summed E-state index contributed by atoms with van der Waals surface area (Å²) in [5.41, 5.74) is 0. The Morgan fingerprint density at radius 3 is 2.88 bits per heavy atom. The molecule has 1 heterocycles. The molecule has 0 aromatic rings. The SMILES string of the molecule is CC(CC1COCCN1)NCC1CCCC1. The Morgan fingerprint density at radius 2 is 2.19 bits per heavy atom. The summed E-state index contributed by atoms with van der Waals surface area (Å²) in [6.45, 7) is 6.29. The largest absolute Gasteiger partial charge is 0.379 e. The van der Waals surface area contributed by atoms with Crippen molar-refractivity contribution in [3.05, 3.63) is 0 Å². The molecule has 94 valence electrons. The highest BCUT2D eigenvalue weighted by Gasteiger charge is 2.18. The first-order chi connectivity index (χ1) is 7.84. The zero-order valence-electron chi connectivity index (χ0n) is 10.5. The van der Waals surface area contributed by atoms with E-state index in [0.717, 1.165) is 25.7 Å². The summed E-state index contributed by atoms with van der Waals surface area (Å²) in [5.74, 6) is 0.943. The van der Waals surface area contributed by atoms with Gasteiger partial charge < -0.3 is 15.4 Å². The molecular weight excluding hydrogens is 200 g/mol. The molecule has 2 unspecified atom stereocenters. The van der Waals surface area contributed by atoms with Crippen LogP contribution in [0.15, 0.2) is 0 Å². The summed E-state index contributed by atoms with van der Waals surface area (Å²) >= 11 is 0. The van der Waals surface area contributed by atoms with Crippen LogP contribution in [0.2, 0.25) is 0 Å². The Morgan fingerprint density at radius 1 is 1.38 bits per heavy atom. The first-order valence-electron chi connectivity index (χ1n) is 6.89. The van der Waals surface area contributed by atoms with Crippen LogP contribution in [-0.4, -0.2) is 38.4 Å². The standard InChI is InChI=1S/C13H26N2O/c1-11(8-13-10-16-7-6-14-13)15-9-12-4-2-3-5-12/h11-15H,2-10H2,1H3. The van der Waals surface area contributed by atoms with E-state index in [0.29, 0.717) is 12.1 Å². The predicted molar refractivity (Wildman–Crippen MR) is 66.6 cm³/mol. The van der Waals surface area contributed by atoms with Crippen molar-refractivity contribution in [3.63, 3.8) is 0 Å². The Kier molecular flexibility index (Phi) is 5.07. The third-order valence-corrected chi connectivity index (χ3v) is 3.87. The minimum atomic E-state index is 0.555. The fourth-order valence-electron chi connectivity index (χ4n) is 2.86. The van der Waals surface area contributed by atoms with Gasteiger partial charge in [0, 0.05) is 18.6 Å². The maximum atomic E-state index is 5.47. The molecule has 0 radical (unpaired) electrons. The molecule has 2 fully saturated rings. The summed E-state index contributed by atoms with van der Waals surface area (Å²) in [7, 11) is 0. The fourth-order valence-corrected chi connectivity index (χ4v) is 2.86. The van der Waals surface area contributed by atoms with Crippen LogP contribution in [0.25, 0.3) is 0 Å². The molecule has 0 bridgehead atoms. The number of hydrogen-bond acceptors (Lipinski definition) is 3. The predicted octanol–water partition coefficient (Wildman–Crippen LogP) is 1.53. The molecule has 2 aliphatic rings. The van der Waals surface area contributed by atoms with E-state index in [-0.39, 0.29) is 0 Å². The smallest absolute Gasteiger partial charge is 0.0620 e. The third kappa shape index (κ3) is 4.04. The van der Waals surface area contributed by atoms with Crippen LogP contribution >= 0.6 is 0 Å². The number of ether oxygens (including phenoxy) is 1. The molecule has 2 N–H and O–H groups in total. The van der Waals surface area contributed by atoms with Gasteiger partial charge in [-0.2, -0.15) is 0 Å². The van der Waals surface area contributed by atoms with E-state index in [1.807, 2.05) is 0 Å². The highest BCUT2D eigenvalue weighted by molar-refractivity contribution is 4.77. The molecule has 0 amide bonds. The number of rotatable bonds is 5. The second-order valence-electron chi connectivity index (χ2n) is 5.42. The molecule has 1 saturated carbocycles. The van der Waals surface area contributed by atoms with Crippen molar-refractivity contribution in [2.75, 3.05) is 26.3 Å². The zero-order valence-corrected chi connectivity index (χ0v) is 10.5. The maximum absolute atomic E-state index is 5.47. The van der Waals surface area contributed by atoms with Crippen molar-refractivity contribution in [2.24, 2.45) is 5.92 Å². The molecule has 0 aromatic carbocycles. The second kappa shape index (κ2) is 6.58. The normalized spacial score (nSPS) is 29.4. The van der Waals surface area contributed by atoms with E-state index in [1.54, 1.807) is 0 Å². The topological polar surface area (TPSA) is 33.3 Å². The Hall–Kier alpha value is -0.120. The summed E-state index contributed by atoms with van der Waals surface area (Å²) in [6, 6.07) is 1.17. The Labute approximate surface area is 99.3 Å². The van der Waals surface area contributed by atoms with Gasteiger partial charge in [-0.3, -0.25) is 0 Å². The lowest BCUT2D eigenvalue weighted by molar-refractivity contribution is 0.0711. The van der Waals surface area contributed by atoms with Crippen LogP contribution in [-0.2, 0) is 4.74 Å². The number of hydrogen-bond donors (Lipinski definition) is 2. The maximum Gasteiger partial charge on any atom is 0.0620 e. The molecule has 1 aliphatic heterocycles. The van der Waals surface area contributed by atoms with Gasteiger partial charge in [-0.1, -0.05) is 12.8 Å². The van der Waals surface area contributed by atoms with Gasteiger partial charge in [0.05, 0.1) is 13.2 Å². The minimum Gasteiger partial charge on any atom is -0.379 e. The molecule has 1 saturated heterocycles. The lowest BCUT2D eigenvalue weighted by atomic mass is 10.1. The Bertz CT molecular complexity index is 186. The van der Waals surface area contributed by atoms with E-state index in [9.17, 15) is 0 Å². The molecule has 2 atom stereocenters. The van der Waals surface area contributed by atoms with Crippen molar-refractivity contribution >= 4 is 0 Å². The minimum absolute atomic E-state index is 0.555. The first kappa shape index (κ1) is 12.3. The van der Waals surface area contributed by atoms with Crippen molar-refractivity contribution in [1.82, 2.24) is 10.6 Å².